The van der Waals surface area contributed by atoms with Crippen LogP contribution in [0.4, 0.5) is 0 Å². The monoisotopic (exact) mass is 264 g/mol. The summed E-state index contributed by atoms with van der Waals surface area (Å²) in [5.41, 5.74) is 0.738. The fourth-order valence-electron chi connectivity index (χ4n) is 2.38. The first-order valence-electron chi connectivity index (χ1n) is 6.41. The van der Waals surface area contributed by atoms with Crippen molar-refractivity contribution in [2.75, 3.05) is 20.7 Å². The summed E-state index contributed by atoms with van der Waals surface area (Å²) >= 11 is 0. The predicted molar refractivity (Wildman–Crippen MR) is 72.3 cm³/mol. The van der Waals surface area contributed by atoms with E-state index in [4.69, 9.17) is 4.74 Å². The number of aromatic hydroxyl groups is 1. The maximum absolute atomic E-state index is 11.9. The summed E-state index contributed by atoms with van der Waals surface area (Å²) in [6.07, 6.45) is 0.796. The maximum Gasteiger partial charge on any atom is 0.239 e. The van der Waals surface area contributed by atoms with E-state index in [-0.39, 0.29) is 23.7 Å². The fraction of sp³-hybridized carbons (Fsp3) is 0.500. The molecule has 0 aliphatic carbocycles. The standard InChI is InChI=1S/C14H20N2O3/c1-9(15-12-6-7-16(2)14(12)18)11-8-10(19-3)4-5-13(11)17/h4-5,8-9,12,15,17H,6-7H2,1-3H3. The zero-order valence-electron chi connectivity index (χ0n) is 11.5. The largest absolute Gasteiger partial charge is 0.508 e. The van der Waals surface area contributed by atoms with Crippen LogP contribution >= 0.6 is 0 Å². The maximum atomic E-state index is 11.9. The molecule has 2 rings (SSSR count). The number of ether oxygens (including phenoxy) is 1. The van der Waals surface area contributed by atoms with Gasteiger partial charge in [-0.25, -0.2) is 0 Å². The minimum atomic E-state index is -0.175. The lowest BCUT2D eigenvalue weighted by molar-refractivity contribution is -0.128. The zero-order valence-corrected chi connectivity index (χ0v) is 11.5. The van der Waals surface area contributed by atoms with E-state index in [1.807, 2.05) is 6.92 Å². The number of phenolic OH excluding ortho intramolecular Hbond substituents is 1. The molecule has 1 heterocycles. The van der Waals surface area contributed by atoms with Gasteiger partial charge < -0.3 is 14.7 Å². The number of benzene rings is 1. The number of carbonyl (C=O) groups is 1. The first-order valence-corrected chi connectivity index (χ1v) is 6.41. The number of amides is 1. The molecule has 1 aliphatic rings. The normalized spacial score (nSPS) is 20.7. The van der Waals surface area contributed by atoms with Crippen molar-refractivity contribution in [2.45, 2.75) is 25.4 Å². The molecule has 19 heavy (non-hydrogen) atoms. The molecule has 104 valence electrons. The fourth-order valence-corrected chi connectivity index (χ4v) is 2.38. The van der Waals surface area contributed by atoms with Crippen LogP contribution in [0.2, 0.25) is 0 Å². The smallest absolute Gasteiger partial charge is 0.239 e. The number of rotatable bonds is 4. The van der Waals surface area contributed by atoms with Crippen LogP contribution in [0.25, 0.3) is 0 Å². The number of likely N-dealkylation sites (N-methyl/N-ethyl adjacent to an activating group) is 1. The van der Waals surface area contributed by atoms with Crippen LogP contribution in [0.3, 0.4) is 0 Å². The lowest BCUT2D eigenvalue weighted by atomic mass is 10.1. The van der Waals surface area contributed by atoms with Gasteiger partial charge in [0.05, 0.1) is 13.2 Å². The Morgan fingerprint density at radius 2 is 2.26 bits per heavy atom. The summed E-state index contributed by atoms with van der Waals surface area (Å²) in [4.78, 5) is 13.6. The average Bonchev–Trinajstić information content (AvgIpc) is 2.71. The molecule has 0 radical (unpaired) electrons. The Morgan fingerprint density at radius 1 is 1.53 bits per heavy atom. The highest BCUT2D eigenvalue weighted by Crippen LogP contribution is 2.29. The van der Waals surface area contributed by atoms with E-state index in [1.165, 1.54) is 0 Å². The molecule has 5 heteroatoms. The van der Waals surface area contributed by atoms with Crippen LogP contribution in [-0.2, 0) is 4.79 Å². The molecular weight excluding hydrogens is 244 g/mol. The molecule has 0 saturated carbocycles. The molecule has 1 aromatic carbocycles. The molecule has 5 nitrogen and oxygen atoms in total. The second-order valence-electron chi connectivity index (χ2n) is 4.91. The highest BCUT2D eigenvalue weighted by Gasteiger charge is 2.30. The van der Waals surface area contributed by atoms with Crippen LogP contribution in [0.1, 0.15) is 24.9 Å². The third-order valence-corrected chi connectivity index (χ3v) is 3.58. The summed E-state index contributed by atoms with van der Waals surface area (Å²) in [6.45, 7) is 2.70. The average molecular weight is 264 g/mol. The molecule has 1 aromatic rings. The number of carbonyl (C=O) groups excluding carboxylic acids is 1. The number of hydrogen-bond acceptors (Lipinski definition) is 4. The summed E-state index contributed by atoms with van der Waals surface area (Å²) in [5.74, 6) is 1.00. The minimum Gasteiger partial charge on any atom is -0.508 e. The van der Waals surface area contributed by atoms with Gasteiger partial charge >= 0.3 is 0 Å². The van der Waals surface area contributed by atoms with E-state index in [0.29, 0.717) is 5.75 Å². The van der Waals surface area contributed by atoms with E-state index >= 15 is 0 Å². The Balaban J connectivity index is 2.11. The molecule has 1 aliphatic heterocycles. The molecule has 2 N–H and O–H groups in total. The van der Waals surface area contributed by atoms with Gasteiger partial charge in [-0.1, -0.05) is 0 Å². The van der Waals surface area contributed by atoms with Crippen LogP contribution < -0.4 is 10.1 Å². The molecule has 2 atom stereocenters. The molecule has 1 saturated heterocycles. The Labute approximate surface area is 113 Å². The SMILES string of the molecule is COc1ccc(O)c(C(C)NC2CCN(C)C2=O)c1. The van der Waals surface area contributed by atoms with Crippen LogP contribution in [-0.4, -0.2) is 42.7 Å². The lowest BCUT2D eigenvalue weighted by Gasteiger charge is -2.20. The van der Waals surface area contributed by atoms with Crippen molar-refractivity contribution in [1.82, 2.24) is 10.2 Å². The predicted octanol–water partition coefficient (Wildman–Crippen LogP) is 1.28. The van der Waals surface area contributed by atoms with Crippen LogP contribution in [0.15, 0.2) is 18.2 Å². The van der Waals surface area contributed by atoms with Gasteiger partial charge in [-0.3, -0.25) is 10.1 Å². The highest BCUT2D eigenvalue weighted by atomic mass is 16.5. The second kappa shape index (κ2) is 5.48. The number of nitrogens with zero attached hydrogens (tertiary/aromatic N) is 1. The number of likely N-dealkylation sites (tertiary alicyclic amines) is 1. The van der Waals surface area contributed by atoms with E-state index in [2.05, 4.69) is 5.32 Å². The molecule has 2 unspecified atom stereocenters. The van der Waals surface area contributed by atoms with E-state index < -0.39 is 0 Å². The molecule has 1 fully saturated rings. The van der Waals surface area contributed by atoms with Gasteiger partial charge in [0.15, 0.2) is 0 Å². The number of phenols is 1. The Kier molecular flexibility index (Phi) is 3.95. The van der Waals surface area contributed by atoms with Gasteiger partial charge in [0, 0.05) is 25.2 Å². The van der Waals surface area contributed by atoms with Crippen molar-refractivity contribution in [3.8, 4) is 11.5 Å². The van der Waals surface area contributed by atoms with Gasteiger partial charge in [-0.05, 0) is 31.5 Å². The van der Waals surface area contributed by atoms with Gasteiger partial charge in [0.1, 0.15) is 11.5 Å². The van der Waals surface area contributed by atoms with E-state index in [9.17, 15) is 9.90 Å². The summed E-state index contributed by atoms with van der Waals surface area (Å²) < 4.78 is 5.15. The van der Waals surface area contributed by atoms with Crippen molar-refractivity contribution in [2.24, 2.45) is 0 Å². The first-order chi connectivity index (χ1) is 9.02. The second-order valence-corrected chi connectivity index (χ2v) is 4.91. The summed E-state index contributed by atoms with van der Waals surface area (Å²) in [6, 6.07) is 4.81. The van der Waals surface area contributed by atoms with Crippen LogP contribution in [0.5, 0.6) is 11.5 Å². The van der Waals surface area contributed by atoms with E-state index in [1.54, 1.807) is 37.3 Å². The molecule has 0 spiro atoms. The number of methoxy groups -OCH3 is 1. The van der Waals surface area contributed by atoms with Gasteiger partial charge in [-0.2, -0.15) is 0 Å². The first kappa shape index (κ1) is 13.7. The molecule has 0 aromatic heterocycles. The lowest BCUT2D eigenvalue weighted by Crippen LogP contribution is -2.38. The molecule has 0 bridgehead atoms. The minimum absolute atomic E-state index is 0.106. The summed E-state index contributed by atoms with van der Waals surface area (Å²) in [5, 5.41) is 13.2. The van der Waals surface area contributed by atoms with E-state index in [0.717, 1.165) is 18.5 Å². The van der Waals surface area contributed by atoms with Crippen molar-refractivity contribution >= 4 is 5.91 Å². The Bertz CT molecular complexity index is 476. The van der Waals surface area contributed by atoms with Crippen molar-refractivity contribution in [1.29, 1.82) is 0 Å². The van der Waals surface area contributed by atoms with Gasteiger partial charge in [0.25, 0.3) is 0 Å². The quantitative estimate of drug-likeness (QED) is 0.860. The topological polar surface area (TPSA) is 61.8 Å². The molecular formula is C14H20N2O3. The van der Waals surface area contributed by atoms with Crippen LogP contribution in [0, 0.1) is 0 Å². The Morgan fingerprint density at radius 3 is 2.84 bits per heavy atom. The zero-order chi connectivity index (χ0) is 14.0. The van der Waals surface area contributed by atoms with Gasteiger partial charge in [-0.15, -0.1) is 0 Å². The van der Waals surface area contributed by atoms with Crippen molar-refractivity contribution < 1.29 is 14.6 Å². The van der Waals surface area contributed by atoms with Crippen molar-refractivity contribution in [3.05, 3.63) is 23.8 Å². The number of nitrogens with one attached hydrogen (secondary N) is 1. The third kappa shape index (κ3) is 2.81. The highest BCUT2D eigenvalue weighted by molar-refractivity contribution is 5.83. The number of hydrogen-bond donors (Lipinski definition) is 2. The Hall–Kier alpha value is -1.75. The van der Waals surface area contributed by atoms with Crippen molar-refractivity contribution in [3.63, 3.8) is 0 Å². The third-order valence-electron chi connectivity index (χ3n) is 3.58. The molecule has 1 amide bonds. The van der Waals surface area contributed by atoms with Gasteiger partial charge in [0.2, 0.25) is 5.91 Å². The summed E-state index contributed by atoms with van der Waals surface area (Å²) in [7, 11) is 3.39.